The van der Waals surface area contributed by atoms with Crippen LogP contribution in [0, 0.1) is 23.7 Å². The third-order valence-corrected chi connectivity index (χ3v) is 8.33. The van der Waals surface area contributed by atoms with Gasteiger partial charge < -0.3 is 9.47 Å². The Balaban J connectivity index is 1.16. The van der Waals surface area contributed by atoms with Crippen molar-refractivity contribution < 1.29 is 28.7 Å². The van der Waals surface area contributed by atoms with E-state index in [1.807, 2.05) is 18.2 Å². The molecule has 7 heteroatoms. The number of amides is 2. The van der Waals surface area contributed by atoms with E-state index in [9.17, 15) is 19.2 Å². The lowest BCUT2D eigenvalue weighted by atomic mass is 9.73. The van der Waals surface area contributed by atoms with Gasteiger partial charge in [-0.05, 0) is 78.6 Å². The Hall–Kier alpha value is -4.26. The molecule has 3 aromatic carbocycles. The van der Waals surface area contributed by atoms with Crippen LogP contribution < -0.4 is 9.64 Å². The number of ether oxygens (including phenoxy) is 2. The van der Waals surface area contributed by atoms with Crippen molar-refractivity contribution in [3.8, 4) is 5.75 Å². The second-order valence-corrected chi connectivity index (χ2v) is 10.3. The van der Waals surface area contributed by atoms with Gasteiger partial charge in [0.05, 0.1) is 30.2 Å². The van der Waals surface area contributed by atoms with E-state index in [0.29, 0.717) is 17.0 Å². The number of imide groups is 1. The fraction of sp³-hybridized carbons (Fsp3) is 0.290. The Morgan fingerprint density at radius 1 is 0.842 bits per heavy atom. The molecular formula is C31H27NO6. The first-order chi connectivity index (χ1) is 18.5. The van der Waals surface area contributed by atoms with Crippen LogP contribution in [0.2, 0.25) is 0 Å². The van der Waals surface area contributed by atoms with Gasteiger partial charge in [-0.1, -0.05) is 36.4 Å². The van der Waals surface area contributed by atoms with Crippen molar-refractivity contribution in [3.63, 3.8) is 0 Å². The van der Waals surface area contributed by atoms with Gasteiger partial charge in [-0.15, -0.1) is 0 Å². The van der Waals surface area contributed by atoms with Crippen molar-refractivity contribution >= 4 is 29.3 Å². The van der Waals surface area contributed by atoms with E-state index >= 15 is 0 Å². The van der Waals surface area contributed by atoms with Gasteiger partial charge in [0, 0.05) is 5.56 Å². The molecule has 0 radical (unpaired) electrons. The van der Waals surface area contributed by atoms with Crippen LogP contribution in [0.4, 0.5) is 5.69 Å². The summed E-state index contributed by atoms with van der Waals surface area (Å²) in [5, 5.41) is 0. The van der Waals surface area contributed by atoms with E-state index < -0.39 is 12.6 Å². The first-order valence-electron chi connectivity index (χ1n) is 12.8. The molecule has 6 rings (SSSR count). The van der Waals surface area contributed by atoms with E-state index in [1.165, 1.54) is 23.6 Å². The van der Waals surface area contributed by atoms with Gasteiger partial charge in [-0.3, -0.25) is 19.3 Å². The second kappa shape index (κ2) is 9.56. The molecule has 1 aliphatic heterocycles. The van der Waals surface area contributed by atoms with E-state index in [-0.39, 0.29) is 52.8 Å². The van der Waals surface area contributed by atoms with Gasteiger partial charge in [0.2, 0.25) is 11.8 Å². The number of ketones is 1. The fourth-order valence-corrected chi connectivity index (χ4v) is 6.64. The molecule has 2 aliphatic carbocycles. The normalized spacial score (nSPS) is 25.4. The monoisotopic (exact) mass is 509 g/mol. The molecule has 3 fully saturated rings. The summed E-state index contributed by atoms with van der Waals surface area (Å²) in [4.78, 5) is 53.5. The first kappa shape index (κ1) is 24.1. The third-order valence-electron chi connectivity index (χ3n) is 8.33. The third kappa shape index (κ3) is 3.99. The SMILES string of the molecule is COc1ccc(C(=O)COC(=O)c2cccc(N3C(=O)[C@@H]4[C@@H]5C[C@@H]([C@H]4C3=O)[C@H](c3ccccc3)C5)c2)cc1. The minimum atomic E-state index is -0.697. The second-order valence-electron chi connectivity index (χ2n) is 10.3. The van der Waals surface area contributed by atoms with Crippen molar-refractivity contribution in [1.29, 1.82) is 0 Å². The minimum absolute atomic E-state index is 0.144. The Labute approximate surface area is 220 Å². The van der Waals surface area contributed by atoms with Gasteiger partial charge in [0.1, 0.15) is 5.75 Å². The summed E-state index contributed by atoms with van der Waals surface area (Å²) >= 11 is 0. The number of methoxy groups -OCH3 is 1. The number of fused-ring (bicyclic) bond motifs is 5. The fourth-order valence-electron chi connectivity index (χ4n) is 6.64. The van der Waals surface area contributed by atoms with E-state index in [2.05, 4.69) is 12.1 Å². The number of benzene rings is 3. The molecule has 0 spiro atoms. The predicted octanol–water partition coefficient (Wildman–Crippen LogP) is 4.66. The number of hydrogen-bond acceptors (Lipinski definition) is 6. The molecule has 2 amide bonds. The van der Waals surface area contributed by atoms with Crippen LogP contribution in [0.5, 0.6) is 5.75 Å². The summed E-state index contributed by atoms with van der Waals surface area (Å²) in [6, 6.07) is 23.1. The quantitative estimate of drug-likeness (QED) is 0.261. The molecule has 0 unspecified atom stereocenters. The highest BCUT2D eigenvalue weighted by atomic mass is 16.5. The molecule has 192 valence electrons. The molecule has 38 heavy (non-hydrogen) atoms. The van der Waals surface area contributed by atoms with Crippen LogP contribution in [0.15, 0.2) is 78.9 Å². The summed E-state index contributed by atoms with van der Waals surface area (Å²) < 4.78 is 10.3. The largest absolute Gasteiger partial charge is 0.497 e. The molecule has 2 bridgehead atoms. The Bertz CT molecular complexity index is 1420. The van der Waals surface area contributed by atoms with Crippen molar-refractivity contribution in [2.45, 2.75) is 18.8 Å². The summed E-state index contributed by atoms with van der Waals surface area (Å²) in [6.45, 7) is -0.425. The number of anilines is 1. The maximum atomic E-state index is 13.6. The van der Waals surface area contributed by atoms with Gasteiger partial charge in [0.25, 0.3) is 0 Å². The van der Waals surface area contributed by atoms with Crippen molar-refractivity contribution in [2.24, 2.45) is 23.7 Å². The Kier molecular flexibility index (Phi) is 6.06. The molecule has 5 atom stereocenters. The summed E-state index contributed by atoms with van der Waals surface area (Å²) in [7, 11) is 1.54. The summed E-state index contributed by atoms with van der Waals surface area (Å²) in [6.07, 6.45) is 1.81. The topological polar surface area (TPSA) is 90.0 Å². The average molecular weight is 510 g/mol. The zero-order valence-electron chi connectivity index (χ0n) is 20.9. The van der Waals surface area contributed by atoms with Crippen LogP contribution >= 0.6 is 0 Å². The maximum Gasteiger partial charge on any atom is 0.338 e. The molecule has 7 nitrogen and oxygen atoms in total. The minimum Gasteiger partial charge on any atom is -0.497 e. The molecule has 0 aromatic heterocycles. The van der Waals surface area contributed by atoms with Crippen molar-refractivity contribution in [1.82, 2.24) is 0 Å². The zero-order valence-corrected chi connectivity index (χ0v) is 20.9. The number of nitrogens with zero attached hydrogens (tertiary/aromatic N) is 1. The van der Waals surface area contributed by atoms with Crippen LogP contribution in [0.3, 0.4) is 0 Å². The number of Topliss-reactive ketones (excluding diaryl/α,β-unsaturated/α-hetero) is 1. The molecule has 3 aromatic rings. The highest BCUT2D eigenvalue weighted by Gasteiger charge is 2.64. The van der Waals surface area contributed by atoms with Gasteiger partial charge in [0.15, 0.2) is 12.4 Å². The lowest BCUT2D eigenvalue weighted by Gasteiger charge is -2.28. The molecule has 1 heterocycles. The number of carbonyl (C=O) groups is 4. The van der Waals surface area contributed by atoms with Gasteiger partial charge >= 0.3 is 5.97 Å². The van der Waals surface area contributed by atoms with E-state index in [0.717, 1.165) is 12.8 Å². The highest BCUT2D eigenvalue weighted by Crippen LogP contribution is 2.61. The number of carbonyl (C=O) groups excluding carboxylic acids is 4. The Morgan fingerprint density at radius 3 is 2.32 bits per heavy atom. The number of rotatable bonds is 7. The molecule has 2 saturated carbocycles. The molecule has 0 N–H and O–H groups in total. The molecular weight excluding hydrogens is 482 g/mol. The first-order valence-corrected chi connectivity index (χ1v) is 12.8. The maximum absolute atomic E-state index is 13.6. The Morgan fingerprint density at radius 2 is 1.58 bits per heavy atom. The van der Waals surface area contributed by atoms with Gasteiger partial charge in [-0.25, -0.2) is 4.79 Å². The van der Waals surface area contributed by atoms with E-state index in [1.54, 1.807) is 42.5 Å². The van der Waals surface area contributed by atoms with Crippen LogP contribution in [-0.2, 0) is 14.3 Å². The summed E-state index contributed by atoms with van der Waals surface area (Å²) in [5.41, 5.74) is 2.16. The number of hydrogen-bond donors (Lipinski definition) is 0. The van der Waals surface area contributed by atoms with Crippen LogP contribution in [0.25, 0.3) is 0 Å². The van der Waals surface area contributed by atoms with E-state index in [4.69, 9.17) is 9.47 Å². The lowest BCUT2D eigenvalue weighted by Crippen LogP contribution is -2.33. The zero-order chi connectivity index (χ0) is 26.4. The smallest absolute Gasteiger partial charge is 0.338 e. The average Bonchev–Trinajstić information content (AvgIpc) is 3.63. The molecule has 3 aliphatic rings. The number of esters is 1. The predicted molar refractivity (Wildman–Crippen MR) is 139 cm³/mol. The van der Waals surface area contributed by atoms with Crippen molar-refractivity contribution in [2.75, 3.05) is 18.6 Å². The molecule has 1 saturated heterocycles. The standard InChI is InChI=1S/C31H27NO6/c1-37-23-12-10-19(11-13-23)26(33)17-38-31(36)20-8-5-9-22(14-20)32-29(34)27-21-15-24(18-6-3-2-4-7-18)25(16-21)28(27)30(32)35/h2-14,21,24-25,27-28H,15-17H2,1H3/t21-,24-,25+,27+,28+/m0/s1. The lowest BCUT2D eigenvalue weighted by molar-refractivity contribution is -0.123. The van der Waals surface area contributed by atoms with Crippen LogP contribution in [0.1, 0.15) is 45.0 Å². The summed E-state index contributed by atoms with van der Waals surface area (Å²) in [5.74, 6) is -0.810. The van der Waals surface area contributed by atoms with Crippen LogP contribution in [-0.4, -0.2) is 37.3 Å². The van der Waals surface area contributed by atoms with Crippen molar-refractivity contribution in [3.05, 3.63) is 95.6 Å². The van der Waals surface area contributed by atoms with Gasteiger partial charge in [-0.2, -0.15) is 0 Å². The highest BCUT2D eigenvalue weighted by molar-refractivity contribution is 6.23.